The minimum Gasteiger partial charge on any atom is -0.320 e. The topological polar surface area (TPSA) is 29.3 Å². The van der Waals surface area contributed by atoms with E-state index in [-0.39, 0.29) is 0 Å². The van der Waals surface area contributed by atoms with Gasteiger partial charge in [-0.25, -0.2) is 0 Å². The highest BCUT2D eigenvalue weighted by Gasteiger charge is 2.04. The van der Waals surface area contributed by atoms with E-state index in [1.54, 1.807) is 0 Å². The monoisotopic (exact) mass is 278 g/mol. The van der Waals surface area contributed by atoms with Crippen molar-refractivity contribution in [2.24, 2.45) is 5.73 Å². The normalized spacial score (nSPS) is 10.2. The predicted molar refractivity (Wildman–Crippen MR) is 88.9 cm³/mol. The molecule has 0 heterocycles. The van der Waals surface area contributed by atoms with Gasteiger partial charge in [0.25, 0.3) is 0 Å². The molecule has 0 aliphatic rings. The number of nitrogens with zero attached hydrogens (tertiary/aromatic N) is 1. The second kappa shape index (κ2) is 8.26. The molecule has 0 saturated heterocycles. The molecule has 0 unspecified atom stereocenters. The van der Waals surface area contributed by atoms with Crippen molar-refractivity contribution in [1.29, 1.82) is 0 Å². The summed E-state index contributed by atoms with van der Waals surface area (Å²) in [5, 5.41) is 0. The van der Waals surface area contributed by atoms with Crippen molar-refractivity contribution in [2.45, 2.75) is 13.0 Å². The van der Waals surface area contributed by atoms with E-state index in [1.807, 2.05) is 6.07 Å². The molecule has 0 saturated carbocycles. The molecule has 108 valence electrons. The summed E-state index contributed by atoms with van der Waals surface area (Å²) >= 11 is 0. The lowest BCUT2D eigenvalue weighted by Gasteiger charge is -2.17. The Labute approximate surface area is 127 Å². The van der Waals surface area contributed by atoms with E-state index in [2.05, 4.69) is 72.3 Å². The van der Waals surface area contributed by atoms with Gasteiger partial charge in [-0.2, -0.15) is 0 Å². The van der Waals surface area contributed by atoms with E-state index >= 15 is 0 Å². The molecule has 0 aliphatic heterocycles. The van der Waals surface area contributed by atoms with Gasteiger partial charge in [-0.1, -0.05) is 60.4 Å². The first-order chi connectivity index (χ1) is 10.3. The van der Waals surface area contributed by atoms with Crippen molar-refractivity contribution in [1.82, 2.24) is 4.90 Å². The molecule has 2 nitrogen and oxygen atoms in total. The summed E-state index contributed by atoms with van der Waals surface area (Å²) < 4.78 is 0. The highest BCUT2D eigenvalue weighted by molar-refractivity contribution is 5.41. The molecule has 0 amide bonds. The lowest BCUT2D eigenvalue weighted by molar-refractivity contribution is 0.331. The summed E-state index contributed by atoms with van der Waals surface area (Å²) in [4.78, 5) is 2.33. The molecule has 0 radical (unpaired) electrons. The first-order valence-corrected chi connectivity index (χ1v) is 7.29. The maximum atomic E-state index is 5.46. The largest absolute Gasteiger partial charge is 0.320 e. The van der Waals surface area contributed by atoms with Gasteiger partial charge in [-0.3, -0.25) is 0 Å². The number of nitrogens with two attached hydrogens (primary N) is 1. The SMILES string of the molecule is CN(CCc1ccccc1)Cc1ccccc1C#CCN. The standard InChI is InChI=1S/C19H22N2/c1-21(15-13-17-8-3-2-4-9-17)16-19-11-6-5-10-18(19)12-7-14-20/h2-6,8-11H,13-16,20H2,1H3. The summed E-state index contributed by atoms with van der Waals surface area (Å²) in [7, 11) is 2.15. The Balaban J connectivity index is 1.95. The Bertz CT molecular complexity index is 608. The van der Waals surface area contributed by atoms with Crippen molar-refractivity contribution in [3.63, 3.8) is 0 Å². The van der Waals surface area contributed by atoms with Crippen molar-refractivity contribution < 1.29 is 0 Å². The molecule has 21 heavy (non-hydrogen) atoms. The van der Waals surface area contributed by atoms with Crippen LogP contribution in [0.25, 0.3) is 0 Å². The minimum atomic E-state index is 0.401. The van der Waals surface area contributed by atoms with Crippen LogP contribution in [0.3, 0.4) is 0 Å². The molecule has 0 bridgehead atoms. The van der Waals surface area contributed by atoms with Crippen LogP contribution in [0.5, 0.6) is 0 Å². The van der Waals surface area contributed by atoms with Crippen LogP contribution in [0.4, 0.5) is 0 Å². The first kappa shape index (κ1) is 15.3. The lowest BCUT2D eigenvalue weighted by atomic mass is 10.1. The summed E-state index contributed by atoms with van der Waals surface area (Å²) in [6.07, 6.45) is 1.06. The smallest absolute Gasteiger partial charge is 0.0555 e. The molecule has 0 aromatic heterocycles. The Morgan fingerprint density at radius 1 is 1.00 bits per heavy atom. The van der Waals surface area contributed by atoms with Gasteiger partial charge in [-0.05, 0) is 30.7 Å². The van der Waals surface area contributed by atoms with Crippen LogP contribution in [0.1, 0.15) is 16.7 Å². The van der Waals surface area contributed by atoms with Gasteiger partial charge in [0.15, 0.2) is 0 Å². The molecule has 0 atom stereocenters. The molecule has 0 fully saturated rings. The lowest BCUT2D eigenvalue weighted by Crippen LogP contribution is -2.21. The summed E-state index contributed by atoms with van der Waals surface area (Å²) in [5.74, 6) is 6.09. The average molecular weight is 278 g/mol. The second-order valence-electron chi connectivity index (χ2n) is 5.14. The molecular weight excluding hydrogens is 256 g/mol. The van der Waals surface area contributed by atoms with Crippen molar-refractivity contribution in [2.75, 3.05) is 20.1 Å². The van der Waals surface area contributed by atoms with Crippen LogP contribution in [0.2, 0.25) is 0 Å². The van der Waals surface area contributed by atoms with Gasteiger partial charge in [0.05, 0.1) is 6.54 Å². The Morgan fingerprint density at radius 3 is 2.48 bits per heavy atom. The third kappa shape index (κ3) is 5.07. The zero-order valence-corrected chi connectivity index (χ0v) is 12.5. The van der Waals surface area contributed by atoms with Gasteiger partial charge in [0.1, 0.15) is 0 Å². The molecule has 2 aromatic carbocycles. The zero-order valence-electron chi connectivity index (χ0n) is 12.5. The number of benzene rings is 2. The van der Waals surface area contributed by atoms with Crippen molar-refractivity contribution in [3.05, 3.63) is 71.3 Å². The Hall–Kier alpha value is -2.08. The first-order valence-electron chi connectivity index (χ1n) is 7.29. The Kier molecular flexibility index (Phi) is 6.02. The molecule has 0 spiro atoms. The van der Waals surface area contributed by atoms with Gasteiger partial charge < -0.3 is 10.6 Å². The van der Waals surface area contributed by atoms with E-state index in [0.717, 1.165) is 25.1 Å². The van der Waals surface area contributed by atoms with Gasteiger partial charge in [0.2, 0.25) is 0 Å². The quantitative estimate of drug-likeness (QED) is 0.852. The predicted octanol–water partition coefficient (Wildman–Crippen LogP) is 2.67. The number of hydrogen-bond acceptors (Lipinski definition) is 2. The van der Waals surface area contributed by atoms with Crippen LogP contribution in [-0.4, -0.2) is 25.0 Å². The fourth-order valence-corrected chi connectivity index (χ4v) is 2.26. The van der Waals surface area contributed by atoms with E-state index in [9.17, 15) is 0 Å². The van der Waals surface area contributed by atoms with Gasteiger partial charge in [-0.15, -0.1) is 0 Å². The summed E-state index contributed by atoms with van der Waals surface area (Å²) in [5.41, 5.74) is 9.17. The van der Waals surface area contributed by atoms with Crippen LogP contribution >= 0.6 is 0 Å². The van der Waals surface area contributed by atoms with Crippen molar-refractivity contribution in [3.8, 4) is 11.8 Å². The maximum Gasteiger partial charge on any atom is 0.0555 e. The molecular formula is C19H22N2. The third-order valence-electron chi connectivity index (χ3n) is 3.41. The third-order valence-corrected chi connectivity index (χ3v) is 3.41. The highest BCUT2D eigenvalue weighted by atomic mass is 15.1. The van der Waals surface area contributed by atoms with Gasteiger partial charge >= 0.3 is 0 Å². The second-order valence-corrected chi connectivity index (χ2v) is 5.14. The fraction of sp³-hybridized carbons (Fsp3) is 0.263. The molecule has 2 rings (SSSR count). The van der Waals surface area contributed by atoms with E-state index in [0.29, 0.717) is 6.54 Å². The minimum absolute atomic E-state index is 0.401. The maximum absolute atomic E-state index is 5.46. The van der Waals surface area contributed by atoms with Crippen molar-refractivity contribution >= 4 is 0 Å². The fourth-order valence-electron chi connectivity index (χ4n) is 2.26. The molecule has 2 heteroatoms. The molecule has 0 aliphatic carbocycles. The summed E-state index contributed by atoms with van der Waals surface area (Å²) in [6.45, 7) is 2.34. The van der Waals surface area contributed by atoms with Crippen LogP contribution in [0.15, 0.2) is 54.6 Å². The van der Waals surface area contributed by atoms with Crippen LogP contribution in [-0.2, 0) is 13.0 Å². The Morgan fingerprint density at radius 2 is 1.71 bits per heavy atom. The van der Waals surface area contributed by atoms with E-state index in [4.69, 9.17) is 5.73 Å². The molecule has 2 aromatic rings. The van der Waals surface area contributed by atoms with Gasteiger partial charge in [0, 0.05) is 18.7 Å². The number of hydrogen-bond donors (Lipinski definition) is 1. The van der Waals surface area contributed by atoms with Crippen LogP contribution in [0, 0.1) is 11.8 Å². The number of likely N-dealkylation sites (N-methyl/N-ethyl adjacent to an activating group) is 1. The molecule has 2 N–H and O–H groups in total. The van der Waals surface area contributed by atoms with E-state index < -0.39 is 0 Å². The number of rotatable bonds is 5. The van der Waals surface area contributed by atoms with E-state index in [1.165, 1.54) is 11.1 Å². The zero-order chi connectivity index (χ0) is 14.9. The summed E-state index contributed by atoms with van der Waals surface area (Å²) in [6, 6.07) is 18.9. The van der Waals surface area contributed by atoms with Crippen LogP contribution < -0.4 is 5.73 Å². The average Bonchev–Trinajstić information content (AvgIpc) is 2.53. The highest BCUT2D eigenvalue weighted by Crippen LogP contribution is 2.10.